The Morgan fingerprint density at radius 1 is 1.09 bits per heavy atom. The van der Waals surface area contributed by atoms with Crippen LogP contribution in [0, 0.1) is 9.98 Å². The van der Waals surface area contributed by atoms with Crippen LogP contribution in [-0.2, 0) is 0 Å². The third-order valence-corrected chi connectivity index (χ3v) is 3.62. The molecule has 0 N–H and O–H groups in total. The Morgan fingerprint density at radius 3 is 2.09 bits per heavy atom. The molecule has 0 aliphatic carbocycles. The SMILES string of the molecule is [CH3][Sn]([CH3])([CH3])[C]#Cn1cccc1. The first-order valence-electron chi connectivity index (χ1n) is 3.74. The summed E-state index contributed by atoms with van der Waals surface area (Å²) in [5, 5.41) is 0. The van der Waals surface area contributed by atoms with Crippen LogP contribution >= 0.6 is 0 Å². The molecule has 0 fully saturated rings. The van der Waals surface area contributed by atoms with E-state index in [0.717, 1.165) is 0 Å². The first-order chi connectivity index (χ1) is 5.08. The zero-order chi connectivity index (χ0) is 8.32. The summed E-state index contributed by atoms with van der Waals surface area (Å²) in [5.41, 5.74) is 0. The molecule has 0 spiro atoms. The van der Waals surface area contributed by atoms with Crippen molar-refractivity contribution >= 4 is 18.4 Å². The summed E-state index contributed by atoms with van der Waals surface area (Å²) >= 11 is -1.85. The van der Waals surface area contributed by atoms with Gasteiger partial charge in [-0.25, -0.2) is 0 Å². The molecule has 1 aromatic heterocycles. The molecular formula is C9H13NSn. The fourth-order valence-corrected chi connectivity index (χ4v) is 1.97. The van der Waals surface area contributed by atoms with Crippen molar-refractivity contribution in [1.29, 1.82) is 0 Å². The van der Waals surface area contributed by atoms with E-state index >= 15 is 0 Å². The summed E-state index contributed by atoms with van der Waals surface area (Å²) in [4.78, 5) is 6.93. The van der Waals surface area contributed by atoms with Gasteiger partial charge in [-0.15, -0.1) is 0 Å². The Bertz CT molecular complexity index is 269. The molecular weight excluding hydrogens is 241 g/mol. The van der Waals surface area contributed by atoms with E-state index in [4.69, 9.17) is 0 Å². The molecule has 11 heavy (non-hydrogen) atoms. The van der Waals surface area contributed by atoms with E-state index in [0.29, 0.717) is 0 Å². The van der Waals surface area contributed by atoms with E-state index in [1.807, 2.05) is 29.1 Å². The van der Waals surface area contributed by atoms with E-state index in [1.54, 1.807) is 0 Å². The summed E-state index contributed by atoms with van der Waals surface area (Å²) in [7, 11) is 0. The van der Waals surface area contributed by atoms with E-state index in [2.05, 4.69) is 24.8 Å². The summed E-state index contributed by atoms with van der Waals surface area (Å²) in [6.45, 7) is 0. The van der Waals surface area contributed by atoms with Crippen LogP contribution in [-0.4, -0.2) is 22.9 Å². The number of rotatable bonds is 0. The minimum atomic E-state index is -1.85. The van der Waals surface area contributed by atoms with Gasteiger partial charge in [0.1, 0.15) is 0 Å². The zero-order valence-electron chi connectivity index (χ0n) is 7.26. The van der Waals surface area contributed by atoms with E-state index < -0.39 is 18.4 Å². The number of nitrogens with zero attached hydrogens (tertiary/aromatic N) is 1. The number of hydrogen-bond acceptors (Lipinski definition) is 0. The van der Waals surface area contributed by atoms with Crippen molar-refractivity contribution in [2.75, 3.05) is 0 Å². The van der Waals surface area contributed by atoms with Gasteiger partial charge in [0.25, 0.3) is 0 Å². The number of hydrogen-bond donors (Lipinski definition) is 0. The molecule has 0 aliphatic rings. The molecule has 0 aliphatic heterocycles. The van der Waals surface area contributed by atoms with Crippen molar-refractivity contribution in [1.82, 2.24) is 4.57 Å². The first-order valence-corrected chi connectivity index (χ1v) is 13.7. The van der Waals surface area contributed by atoms with Gasteiger partial charge in [0.05, 0.1) is 0 Å². The van der Waals surface area contributed by atoms with Crippen LogP contribution in [0.5, 0.6) is 0 Å². The van der Waals surface area contributed by atoms with Crippen LogP contribution in [0.2, 0.25) is 14.8 Å². The van der Waals surface area contributed by atoms with E-state index in [9.17, 15) is 0 Å². The average Bonchev–Trinajstić information content (AvgIpc) is 2.32. The van der Waals surface area contributed by atoms with Crippen molar-refractivity contribution in [3.05, 3.63) is 24.5 Å². The quantitative estimate of drug-likeness (QED) is 0.494. The summed E-state index contributed by atoms with van der Waals surface area (Å²) in [5.74, 6) is 0. The maximum absolute atomic E-state index is 3.35. The Morgan fingerprint density at radius 2 is 1.64 bits per heavy atom. The van der Waals surface area contributed by atoms with Gasteiger partial charge in [-0.3, -0.25) is 0 Å². The molecule has 0 saturated heterocycles. The van der Waals surface area contributed by atoms with Crippen molar-refractivity contribution in [3.8, 4) is 9.98 Å². The molecule has 58 valence electrons. The van der Waals surface area contributed by atoms with Crippen LogP contribution in [0.3, 0.4) is 0 Å². The molecule has 0 bridgehead atoms. The Labute approximate surface area is 72.3 Å². The zero-order valence-corrected chi connectivity index (χ0v) is 10.1. The molecule has 1 heterocycles. The standard InChI is InChI=1S/C6H4N.3CH3.Sn/c1-2-7-5-3-4-6-7;;;;/h3-6H;3*1H3;. The first kappa shape index (κ1) is 8.73. The third kappa shape index (κ3) is 3.52. The predicted molar refractivity (Wildman–Crippen MR) is 51.0 cm³/mol. The second kappa shape index (κ2) is 3.36. The van der Waals surface area contributed by atoms with Crippen LogP contribution in [0.25, 0.3) is 0 Å². The molecule has 1 rings (SSSR count). The molecule has 0 unspecified atom stereocenters. The van der Waals surface area contributed by atoms with Crippen LogP contribution < -0.4 is 0 Å². The van der Waals surface area contributed by atoms with Gasteiger partial charge in [-0.05, 0) is 0 Å². The van der Waals surface area contributed by atoms with Gasteiger partial charge >= 0.3 is 72.3 Å². The van der Waals surface area contributed by atoms with Crippen molar-refractivity contribution in [2.24, 2.45) is 0 Å². The fraction of sp³-hybridized carbons (Fsp3) is 0.333. The normalized spacial score (nSPS) is 10.5. The van der Waals surface area contributed by atoms with Gasteiger partial charge in [0.15, 0.2) is 0 Å². The van der Waals surface area contributed by atoms with Crippen LogP contribution in [0.4, 0.5) is 0 Å². The fourth-order valence-electron chi connectivity index (χ4n) is 0.641. The maximum atomic E-state index is 3.35. The summed E-state index contributed by atoms with van der Waals surface area (Å²) in [6.07, 6.45) is 3.95. The Kier molecular flexibility index (Phi) is 2.66. The molecule has 0 radical (unpaired) electrons. The predicted octanol–water partition coefficient (Wildman–Crippen LogP) is 2.17. The molecule has 0 saturated carbocycles. The number of aromatic nitrogens is 1. The molecule has 2 heteroatoms. The Hall–Kier alpha value is -0.361. The third-order valence-electron chi connectivity index (χ3n) is 1.16. The molecule has 0 aromatic carbocycles. The van der Waals surface area contributed by atoms with Gasteiger partial charge in [-0.2, -0.15) is 0 Å². The van der Waals surface area contributed by atoms with Crippen molar-refractivity contribution in [3.63, 3.8) is 0 Å². The van der Waals surface area contributed by atoms with E-state index in [1.165, 1.54) is 0 Å². The minimum absolute atomic E-state index is 1.85. The van der Waals surface area contributed by atoms with Gasteiger partial charge < -0.3 is 0 Å². The molecule has 1 aromatic rings. The van der Waals surface area contributed by atoms with E-state index in [-0.39, 0.29) is 0 Å². The summed E-state index contributed by atoms with van der Waals surface area (Å²) in [6, 6.07) is 7.11. The second-order valence-electron chi connectivity index (χ2n) is 3.58. The Balaban J connectivity index is 2.74. The monoisotopic (exact) mass is 255 g/mol. The molecule has 0 atom stereocenters. The van der Waals surface area contributed by atoms with Crippen LogP contribution in [0.15, 0.2) is 24.5 Å². The summed E-state index contributed by atoms with van der Waals surface area (Å²) < 4.78 is 5.27. The van der Waals surface area contributed by atoms with Crippen LogP contribution in [0.1, 0.15) is 0 Å². The van der Waals surface area contributed by atoms with Gasteiger partial charge in [-0.1, -0.05) is 0 Å². The molecule has 0 amide bonds. The van der Waals surface area contributed by atoms with Gasteiger partial charge in [0, 0.05) is 0 Å². The van der Waals surface area contributed by atoms with Crippen molar-refractivity contribution < 1.29 is 0 Å². The second-order valence-corrected chi connectivity index (χ2v) is 17.1. The topological polar surface area (TPSA) is 4.93 Å². The van der Waals surface area contributed by atoms with Gasteiger partial charge in [0.2, 0.25) is 0 Å². The molecule has 1 nitrogen and oxygen atoms in total. The van der Waals surface area contributed by atoms with Crippen molar-refractivity contribution in [2.45, 2.75) is 14.8 Å². The average molecular weight is 254 g/mol.